The molecular formula is C11H14Cl2N2OS. The van der Waals surface area contributed by atoms with Gasteiger partial charge in [-0.3, -0.25) is 10.2 Å². The molecule has 0 fully saturated rings. The van der Waals surface area contributed by atoms with E-state index in [1.807, 2.05) is 19.9 Å². The third-order valence-electron chi connectivity index (χ3n) is 2.16. The number of nitrogens with one attached hydrogen (secondary N) is 1. The van der Waals surface area contributed by atoms with Crippen molar-refractivity contribution in [1.29, 1.82) is 0 Å². The SMILES string of the molecule is CC(C)C(Sc1ccc(Cl)c(Cl)c1)C(=O)NN. The summed E-state index contributed by atoms with van der Waals surface area (Å²) in [5.74, 6) is 5.13. The fourth-order valence-corrected chi connectivity index (χ4v) is 2.71. The van der Waals surface area contributed by atoms with Gasteiger partial charge in [-0.25, -0.2) is 5.84 Å². The van der Waals surface area contributed by atoms with Crippen LogP contribution in [0.2, 0.25) is 10.0 Å². The zero-order valence-corrected chi connectivity index (χ0v) is 11.9. The molecular weight excluding hydrogens is 279 g/mol. The van der Waals surface area contributed by atoms with E-state index in [-0.39, 0.29) is 17.1 Å². The van der Waals surface area contributed by atoms with Gasteiger partial charge in [0, 0.05) is 4.90 Å². The minimum Gasteiger partial charge on any atom is -0.293 e. The molecule has 0 heterocycles. The molecule has 0 saturated heterocycles. The molecule has 1 rings (SSSR count). The van der Waals surface area contributed by atoms with Crippen molar-refractivity contribution in [1.82, 2.24) is 5.43 Å². The Morgan fingerprint density at radius 3 is 2.47 bits per heavy atom. The molecule has 1 aromatic rings. The van der Waals surface area contributed by atoms with Gasteiger partial charge >= 0.3 is 0 Å². The van der Waals surface area contributed by atoms with Crippen LogP contribution in [0, 0.1) is 5.92 Å². The molecule has 0 saturated carbocycles. The predicted molar refractivity (Wildman–Crippen MR) is 73.3 cm³/mol. The Bertz CT molecular complexity index is 412. The molecule has 6 heteroatoms. The van der Waals surface area contributed by atoms with Crippen molar-refractivity contribution in [3.05, 3.63) is 28.2 Å². The number of hydrogen-bond donors (Lipinski definition) is 2. The molecule has 1 amide bonds. The van der Waals surface area contributed by atoms with Gasteiger partial charge in [0.15, 0.2) is 0 Å². The maximum absolute atomic E-state index is 11.6. The lowest BCUT2D eigenvalue weighted by atomic mass is 10.1. The standard InChI is InChI=1S/C11H14Cl2N2OS/c1-6(2)10(11(16)15-14)17-7-3-4-8(12)9(13)5-7/h3-6,10H,14H2,1-2H3,(H,15,16). The molecule has 1 aromatic carbocycles. The monoisotopic (exact) mass is 292 g/mol. The van der Waals surface area contributed by atoms with E-state index in [9.17, 15) is 4.79 Å². The summed E-state index contributed by atoms with van der Waals surface area (Å²) in [5, 5.41) is 0.727. The van der Waals surface area contributed by atoms with Crippen molar-refractivity contribution in [3.63, 3.8) is 0 Å². The van der Waals surface area contributed by atoms with Gasteiger partial charge in [0.1, 0.15) is 0 Å². The first-order valence-corrected chi connectivity index (χ1v) is 6.71. The Morgan fingerprint density at radius 2 is 2.00 bits per heavy atom. The molecule has 0 radical (unpaired) electrons. The maximum atomic E-state index is 11.6. The van der Waals surface area contributed by atoms with Crippen LogP contribution < -0.4 is 11.3 Å². The Labute approximate surface area is 115 Å². The van der Waals surface area contributed by atoms with Gasteiger partial charge in [-0.2, -0.15) is 0 Å². The molecule has 0 aliphatic carbocycles. The van der Waals surface area contributed by atoms with Crippen LogP contribution in [0.25, 0.3) is 0 Å². The number of rotatable bonds is 4. The van der Waals surface area contributed by atoms with E-state index in [4.69, 9.17) is 29.0 Å². The second kappa shape index (κ2) is 6.50. The molecule has 17 heavy (non-hydrogen) atoms. The highest BCUT2D eigenvalue weighted by Gasteiger charge is 2.22. The zero-order chi connectivity index (χ0) is 13.0. The minimum atomic E-state index is -0.253. The van der Waals surface area contributed by atoms with Crippen molar-refractivity contribution in [3.8, 4) is 0 Å². The van der Waals surface area contributed by atoms with Gasteiger partial charge in [-0.05, 0) is 24.1 Å². The van der Waals surface area contributed by atoms with Gasteiger partial charge in [-0.1, -0.05) is 37.0 Å². The molecule has 0 aliphatic heterocycles. The number of carbonyl (C=O) groups is 1. The van der Waals surface area contributed by atoms with Crippen molar-refractivity contribution >= 4 is 40.9 Å². The van der Waals surface area contributed by atoms with Crippen LogP contribution in [-0.4, -0.2) is 11.2 Å². The first kappa shape index (κ1) is 14.6. The van der Waals surface area contributed by atoms with E-state index in [1.54, 1.807) is 12.1 Å². The highest BCUT2D eigenvalue weighted by atomic mass is 35.5. The summed E-state index contributed by atoms with van der Waals surface area (Å²) in [5.41, 5.74) is 2.17. The van der Waals surface area contributed by atoms with Crippen LogP contribution >= 0.6 is 35.0 Å². The van der Waals surface area contributed by atoms with Crippen LogP contribution in [-0.2, 0) is 4.79 Å². The van der Waals surface area contributed by atoms with Crippen molar-refractivity contribution in [2.45, 2.75) is 24.0 Å². The lowest BCUT2D eigenvalue weighted by Crippen LogP contribution is -2.39. The fraction of sp³-hybridized carbons (Fsp3) is 0.364. The highest BCUT2D eigenvalue weighted by Crippen LogP contribution is 2.32. The van der Waals surface area contributed by atoms with Crippen LogP contribution in [0.5, 0.6) is 0 Å². The van der Waals surface area contributed by atoms with Crippen LogP contribution in [0.3, 0.4) is 0 Å². The second-order valence-corrected chi connectivity index (χ2v) is 5.90. The quantitative estimate of drug-likeness (QED) is 0.388. The fourth-order valence-electron chi connectivity index (χ4n) is 1.27. The Hall–Kier alpha value is -0.420. The number of hydrogen-bond acceptors (Lipinski definition) is 3. The first-order chi connectivity index (χ1) is 7.95. The molecule has 0 bridgehead atoms. The third kappa shape index (κ3) is 4.07. The molecule has 3 N–H and O–H groups in total. The molecule has 0 spiro atoms. The largest absolute Gasteiger partial charge is 0.293 e. The van der Waals surface area contributed by atoms with Gasteiger partial charge in [-0.15, -0.1) is 11.8 Å². The average Bonchev–Trinajstić information content (AvgIpc) is 2.29. The predicted octanol–water partition coefficient (Wildman–Crippen LogP) is 3.10. The topological polar surface area (TPSA) is 55.1 Å². The van der Waals surface area contributed by atoms with Crippen LogP contribution in [0.4, 0.5) is 0 Å². The summed E-state index contributed by atoms with van der Waals surface area (Å²) in [4.78, 5) is 12.5. The molecule has 1 atom stereocenters. The highest BCUT2D eigenvalue weighted by molar-refractivity contribution is 8.00. The van der Waals surface area contributed by atoms with Crippen molar-refractivity contribution < 1.29 is 4.79 Å². The maximum Gasteiger partial charge on any atom is 0.247 e. The normalized spacial score (nSPS) is 12.6. The minimum absolute atomic E-state index is 0.165. The van der Waals surface area contributed by atoms with Crippen molar-refractivity contribution in [2.24, 2.45) is 11.8 Å². The van der Waals surface area contributed by atoms with Gasteiger partial charge < -0.3 is 0 Å². The number of carbonyl (C=O) groups excluding carboxylic acids is 1. The van der Waals surface area contributed by atoms with E-state index in [0.717, 1.165) is 4.90 Å². The van der Waals surface area contributed by atoms with Gasteiger partial charge in [0.2, 0.25) is 5.91 Å². The molecule has 1 unspecified atom stereocenters. The first-order valence-electron chi connectivity index (χ1n) is 5.08. The summed E-state index contributed by atoms with van der Waals surface area (Å²) in [6, 6.07) is 5.29. The van der Waals surface area contributed by atoms with E-state index in [2.05, 4.69) is 5.43 Å². The number of nitrogens with two attached hydrogens (primary N) is 1. The lowest BCUT2D eigenvalue weighted by Gasteiger charge is -2.18. The number of halogens is 2. The van der Waals surface area contributed by atoms with E-state index < -0.39 is 0 Å². The third-order valence-corrected chi connectivity index (χ3v) is 4.44. The number of thioether (sulfide) groups is 1. The van der Waals surface area contributed by atoms with Crippen LogP contribution in [0.1, 0.15) is 13.8 Å². The summed E-state index contributed by atoms with van der Waals surface area (Å²) in [7, 11) is 0. The smallest absolute Gasteiger partial charge is 0.247 e. The Balaban J connectivity index is 2.86. The van der Waals surface area contributed by atoms with E-state index >= 15 is 0 Å². The van der Waals surface area contributed by atoms with E-state index in [1.165, 1.54) is 11.8 Å². The Morgan fingerprint density at radius 1 is 1.35 bits per heavy atom. The van der Waals surface area contributed by atoms with Gasteiger partial charge in [0.05, 0.1) is 15.3 Å². The summed E-state index contributed by atoms with van der Waals surface area (Å²) in [6.45, 7) is 3.93. The molecule has 94 valence electrons. The number of amides is 1. The van der Waals surface area contributed by atoms with Gasteiger partial charge in [0.25, 0.3) is 0 Å². The Kier molecular flexibility index (Phi) is 5.59. The van der Waals surface area contributed by atoms with Crippen LogP contribution in [0.15, 0.2) is 23.1 Å². The number of hydrazine groups is 1. The molecule has 0 aliphatic rings. The second-order valence-electron chi connectivity index (χ2n) is 3.87. The summed E-state index contributed by atoms with van der Waals surface area (Å²) >= 11 is 13.2. The van der Waals surface area contributed by atoms with Crippen molar-refractivity contribution in [2.75, 3.05) is 0 Å². The van der Waals surface area contributed by atoms with E-state index in [0.29, 0.717) is 10.0 Å². The molecule has 0 aromatic heterocycles. The molecule has 3 nitrogen and oxygen atoms in total. The number of benzene rings is 1. The average molecular weight is 293 g/mol. The zero-order valence-electron chi connectivity index (χ0n) is 9.54. The summed E-state index contributed by atoms with van der Waals surface area (Å²) in [6.07, 6.45) is 0. The summed E-state index contributed by atoms with van der Waals surface area (Å²) < 4.78 is 0. The lowest BCUT2D eigenvalue weighted by molar-refractivity contribution is -0.121.